The average Bonchev–Trinajstić information content (AvgIpc) is 2.49. The van der Waals surface area contributed by atoms with Gasteiger partial charge in [-0.3, -0.25) is 9.59 Å². The Hall–Kier alpha value is -2.04. The van der Waals surface area contributed by atoms with E-state index in [1.807, 2.05) is 52.0 Å². The maximum Gasteiger partial charge on any atom is 0.239 e. The van der Waals surface area contributed by atoms with E-state index in [0.29, 0.717) is 0 Å². The molecule has 22 heavy (non-hydrogen) atoms. The first-order chi connectivity index (χ1) is 10.3. The number of carbonyl (C=O) groups excluding carboxylic acids is 2. The summed E-state index contributed by atoms with van der Waals surface area (Å²) >= 11 is 0. The van der Waals surface area contributed by atoms with E-state index in [0.717, 1.165) is 17.7 Å². The summed E-state index contributed by atoms with van der Waals surface area (Å²) in [6, 6.07) is 7.45. The second-order valence-corrected chi connectivity index (χ2v) is 6.20. The third-order valence-corrected chi connectivity index (χ3v) is 3.35. The normalized spacial score (nSPS) is 12.4. The predicted molar refractivity (Wildman–Crippen MR) is 86.6 cm³/mol. The maximum absolute atomic E-state index is 12.1. The van der Waals surface area contributed by atoms with Crippen molar-refractivity contribution in [3.63, 3.8) is 0 Å². The highest BCUT2D eigenvalue weighted by Crippen LogP contribution is 2.26. The Morgan fingerprint density at radius 1 is 1.23 bits per heavy atom. The summed E-state index contributed by atoms with van der Waals surface area (Å²) in [4.78, 5) is 23.8. The highest BCUT2D eigenvalue weighted by atomic mass is 16.5. The van der Waals surface area contributed by atoms with Crippen molar-refractivity contribution in [2.45, 2.75) is 40.2 Å². The number of para-hydroxylation sites is 1. The van der Waals surface area contributed by atoms with Crippen LogP contribution >= 0.6 is 0 Å². The molecule has 1 aromatic rings. The Bertz CT molecular complexity index is 521. The van der Waals surface area contributed by atoms with Crippen LogP contribution in [-0.4, -0.2) is 25.5 Å². The molecule has 0 aliphatic heterocycles. The van der Waals surface area contributed by atoms with Crippen molar-refractivity contribution >= 4 is 11.8 Å². The Morgan fingerprint density at radius 2 is 1.86 bits per heavy atom. The second-order valence-electron chi connectivity index (χ2n) is 6.20. The van der Waals surface area contributed by atoms with Crippen molar-refractivity contribution in [3.8, 4) is 5.75 Å². The molecule has 1 aromatic carbocycles. The molecule has 0 aliphatic carbocycles. The molecule has 1 rings (SSSR count). The quantitative estimate of drug-likeness (QED) is 0.848. The fourth-order valence-corrected chi connectivity index (χ4v) is 2.03. The topological polar surface area (TPSA) is 67.4 Å². The van der Waals surface area contributed by atoms with Crippen LogP contribution in [0.2, 0.25) is 0 Å². The fourth-order valence-electron chi connectivity index (χ4n) is 2.03. The first-order valence-electron chi connectivity index (χ1n) is 7.50. The molecule has 1 atom stereocenters. The lowest BCUT2D eigenvalue weighted by Crippen LogP contribution is -2.42. The number of carbonyl (C=O) groups is 2. The number of benzene rings is 1. The summed E-state index contributed by atoms with van der Waals surface area (Å²) in [5.41, 5.74) is 0.426. The first-order valence-corrected chi connectivity index (χ1v) is 7.50. The van der Waals surface area contributed by atoms with Gasteiger partial charge in [0.05, 0.1) is 19.7 Å². The van der Waals surface area contributed by atoms with Crippen LogP contribution in [0, 0.1) is 5.41 Å². The molecule has 0 fully saturated rings. The van der Waals surface area contributed by atoms with Crippen molar-refractivity contribution in [2.75, 3.05) is 13.7 Å². The Balaban J connectivity index is 2.66. The van der Waals surface area contributed by atoms with Gasteiger partial charge in [-0.15, -0.1) is 0 Å². The molecular formula is C17H26N2O3. The molecule has 0 aliphatic rings. The van der Waals surface area contributed by atoms with Gasteiger partial charge in [0.25, 0.3) is 0 Å². The number of nitrogens with one attached hydrogen (secondary N) is 2. The van der Waals surface area contributed by atoms with Gasteiger partial charge in [0.1, 0.15) is 5.75 Å². The van der Waals surface area contributed by atoms with E-state index >= 15 is 0 Å². The molecular weight excluding hydrogens is 280 g/mol. The Morgan fingerprint density at radius 3 is 2.41 bits per heavy atom. The van der Waals surface area contributed by atoms with E-state index in [9.17, 15) is 9.59 Å². The molecule has 0 bridgehead atoms. The molecule has 2 N–H and O–H groups in total. The minimum Gasteiger partial charge on any atom is -0.496 e. The zero-order valence-corrected chi connectivity index (χ0v) is 14.0. The van der Waals surface area contributed by atoms with Gasteiger partial charge in [-0.2, -0.15) is 0 Å². The number of hydrogen-bond donors (Lipinski definition) is 2. The van der Waals surface area contributed by atoms with Crippen molar-refractivity contribution in [1.82, 2.24) is 10.6 Å². The van der Waals surface area contributed by atoms with Gasteiger partial charge in [0, 0.05) is 11.0 Å². The number of methoxy groups -OCH3 is 1. The van der Waals surface area contributed by atoms with Gasteiger partial charge in [-0.1, -0.05) is 45.9 Å². The molecule has 5 nitrogen and oxygen atoms in total. The molecule has 2 amide bonds. The standard InChI is InChI=1S/C17H26N2O3/c1-6-13(12-9-7-8-10-14(12)22-5)19-15(20)11-18-16(21)17(2,3)4/h7-10,13H,6,11H2,1-5H3,(H,18,21)(H,19,20)/t13-/m0/s1. The molecule has 0 saturated carbocycles. The van der Waals surface area contributed by atoms with Gasteiger partial charge < -0.3 is 15.4 Å². The molecule has 0 aromatic heterocycles. The summed E-state index contributed by atoms with van der Waals surface area (Å²) in [6.07, 6.45) is 0.735. The zero-order chi connectivity index (χ0) is 16.8. The SMILES string of the molecule is CC[C@H](NC(=O)CNC(=O)C(C)(C)C)c1ccccc1OC. The van der Waals surface area contributed by atoms with Gasteiger partial charge in [0.2, 0.25) is 11.8 Å². The largest absolute Gasteiger partial charge is 0.496 e. The van der Waals surface area contributed by atoms with Crippen molar-refractivity contribution in [1.29, 1.82) is 0 Å². The van der Waals surface area contributed by atoms with Crippen LogP contribution < -0.4 is 15.4 Å². The van der Waals surface area contributed by atoms with Gasteiger partial charge >= 0.3 is 0 Å². The van der Waals surface area contributed by atoms with Crippen LogP contribution in [0.15, 0.2) is 24.3 Å². The minimum atomic E-state index is -0.507. The molecule has 0 heterocycles. The number of amides is 2. The number of hydrogen-bond acceptors (Lipinski definition) is 3. The first kappa shape index (κ1) is 18.0. The second kappa shape index (κ2) is 7.82. The summed E-state index contributed by atoms with van der Waals surface area (Å²) in [5.74, 6) is 0.386. The van der Waals surface area contributed by atoms with Crippen LogP contribution in [0.3, 0.4) is 0 Å². The Kier molecular flexibility index (Phi) is 6.40. The highest BCUT2D eigenvalue weighted by Gasteiger charge is 2.22. The van der Waals surface area contributed by atoms with Crippen LogP contribution in [-0.2, 0) is 9.59 Å². The lowest BCUT2D eigenvalue weighted by Gasteiger charge is -2.21. The van der Waals surface area contributed by atoms with Crippen LogP contribution in [0.25, 0.3) is 0 Å². The molecule has 0 spiro atoms. The van der Waals surface area contributed by atoms with E-state index in [1.54, 1.807) is 7.11 Å². The number of rotatable bonds is 6. The van der Waals surface area contributed by atoms with E-state index in [1.165, 1.54) is 0 Å². The smallest absolute Gasteiger partial charge is 0.239 e. The van der Waals surface area contributed by atoms with Gasteiger partial charge in [-0.05, 0) is 12.5 Å². The van der Waals surface area contributed by atoms with Crippen LogP contribution in [0.4, 0.5) is 0 Å². The Labute approximate surface area is 132 Å². The number of ether oxygens (including phenoxy) is 1. The lowest BCUT2D eigenvalue weighted by molar-refractivity contribution is -0.131. The van der Waals surface area contributed by atoms with E-state index in [2.05, 4.69) is 10.6 Å². The van der Waals surface area contributed by atoms with E-state index in [4.69, 9.17) is 4.74 Å². The lowest BCUT2D eigenvalue weighted by atomic mass is 9.96. The molecule has 0 unspecified atom stereocenters. The summed E-state index contributed by atoms with van der Waals surface area (Å²) in [5, 5.41) is 5.58. The van der Waals surface area contributed by atoms with E-state index in [-0.39, 0.29) is 24.4 Å². The summed E-state index contributed by atoms with van der Waals surface area (Å²) < 4.78 is 5.33. The summed E-state index contributed by atoms with van der Waals surface area (Å²) in [6.45, 7) is 7.39. The van der Waals surface area contributed by atoms with Crippen molar-refractivity contribution in [2.24, 2.45) is 5.41 Å². The fraction of sp³-hybridized carbons (Fsp3) is 0.529. The third kappa shape index (κ3) is 5.06. The highest BCUT2D eigenvalue weighted by molar-refractivity contribution is 5.87. The predicted octanol–water partition coefficient (Wildman–Crippen LogP) is 2.42. The van der Waals surface area contributed by atoms with Crippen molar-refractivity contribution < 1.29 is 14.3 Å². The van der Waals surface area contributed by atoms with Gasteiger partial charge in [-0.25, -0.2) is 0 Å². The summed E-state index contributed by atoms with van der Waals surface area (Å²) in [7, 11) is 1.61. The van der Waals surface area contributed by atoms with Crippen LogP contribution in [0.5, 0.6) is 5.75 Å². The molecule has 5 heteroatoms. The van der Waals surface area contributed by atoms with Crippen LogP contribution in [0.1, 0.15) is 45.7 Å². The van der Waals surface area contributed by atoms with Crippen molar-refractivity contribution in [3.05, 3.63) is 29.8 Å². The minimum absolute atomic E-state index is 0.0260. The molecule has 122 valence electrons. The van der Waals surface area contributed by atoms with Gasteiger partial charge in [0.15, 0.2) is 0 Å². The monoisotopic (exact) mass is 306 g/mol. The average molecular weight is 306 g/mol. The maximum atomic E-state index is 12.1. The van der Waals surface area contributed by atoms with E-state index < -0.39 is 5.41 Å². The third-order valence-electron chi connectivity index (χ3n) is 3.35. The zero-order valence-electron chi connectivity index (χ0n) is 14.0. The molecule has 0 saturated heterocycles. The molecule has 0 radical (unpaired) electrons.